The number of nitrogens with zero attached hydrogens (tertiary/aromatic N) is 3. The first-order chi connectivity index (χ1) is 9.54. The molecule has 112 valence electrons. The van der Waals surface area contributed by atoms with E-state index in [9.17, 15) is 5.11 Å². The number of aromatic nitrogens is 2. The molecule has 0 bridgehead atoms. The van der Waals surface area contributed by atoms with Crippen LogP contribution in [0, 0.1) is 19.8 Å². The molecule has 5 heteroatoms. The third-order valence-electron chi connectivity index (χ3n) is 3.98. The summed E-state index contributed by atoms with van der Waals surface area (Å²) in [4.78, 5) is 2.31. The van der Waals surface area contributed by atoms with E-state index in [1.165, 1.54) is 12.8 Å². The molecule has 0 saturated carbocycles. The lowest BCUT2D eigenvalue weighted by molar-refractivity contribution is 0.0546. The van der Waals surface area contributed by atoms with Gasteiger partial charge in [-0.1, -0.05) is 6.92 Å². The van der Waals surface area contributed by atoms with Crippen molar-refractivity contribution < 1.29 is 9.84 Å². The van der Waals surface area contributed by atoms with Crippen molar-refractivity contribution >= 4 is 0 Å². The van der Waals surface area contributed by atoms with E-state index in [1.54, 1.807) is 0 Å². The summed E-state index contributed by atoms with van der Waals surface area (Å²) in [5.41, 5.74) is 1.95. The molecule has 0 spiro atoms. The fourth-order valence-corrected chi connectivity index (χ4v) is 2.37. The van der Waals surface area contributed by atoms with Crippen molar-refractivity contribution in [1.82, 2.24) is 15.1 Å². The standard InChI is InChI=1S/C15H25N3O2/c1-11-4-6-18(7-5-11)9-14(19)10-20-15-8-12(2)13(3)16-17-15/h8,11,14,19H,4-7,9-10H2,1-3H3/t14-/m0/s1. The zero-order valence-corrected chi connectivity index (χ0v) is 12.7. The Bertz CT molecular complexity index is 431. The van der Waals surface area contributed by atoms with Gasteiger partial charge >= 0.3 is 0 Å². The van der Waals surface area contributed by atoms with Crippen LogP contribution in [0.3, 0.4) is 0 Å². The maximum absolute atomic E-state index is 10.0. The van der Waals surface area contributed by atoms with Crippen LogP contribution in [-0.4, -0.2) is 52.5 Å². The molecule has 0 amide bonds. The van der Waals surface area contributed by atoms with E-state index in [4.69, 9.17) is 4.74 Å². The molecule has 0 aliphatic carbocycles. The molecule has 1 N–H and O–H groups in total. The van der Waals surface area contributed by atoms with Gasteiger partial charge in [0.1, 0.15) is 12.7 Å². The van der Waals surface area contributed by atoms with Crippen LogP contribution >= 0.6 is 0 Å². The van der Waals surface area contributed by atoms with Gasteiger partial charge in [0.05, 0.1) is 5.69 Å². The summed E-state index contributed by atoms with van der Waals surface area (Å²) >= 11 is 0. The minimum atomic E-state index is -0.480. The number of aryl methyl sites for hydroxylation is 2. The predicted molar refractivity (Wildman–Crippen MR) is 77.8 cm³/mol. The molecular formula is C15H25N3O2. The Kier molecular flexibility index (Phi) is 5.31. The van der Waals surface area contributed by atoms with Gasteiger partial charge in [0, 0.05) is 12.6 Å². The van der Waals surface area contributed by atoms with Crippen LogP contribution < -0.4 is 4.74 Å². The first-order valence-corrected chi connectivity index (χ1v) is 7.38. The SMILES string of the molecule is Cc1cc(OC[C@@H](O)CN2CCC(C)CC2)nnc1C. The first-order valence-electron chi connectivity index (χ1n) is 7.38. The van der Waals surface area contributed by atoms with Crippen LogP contribution in [0.4, 0.5) is 0 Å². The minimum Gasteiger partial charge on any atom is -0.474 e. The summed E-state index contributed by atoms with van der Waals surface area (Å²) in [5.74, 6) is 1.30. The van der Waals surface area contributed by atoms with E-state index >= 15 is 0 Å². The molecule has 1 fully saturated rings. The van der Waals surface area contributed by atoms with E-state index in [0.717, 1.165) is 30.3 Å². The van der Waals surface area contributed by atoms with Gasteiger partial charge < -0.3 is 14.7 Å². The number of hydrogen-bond donors (Lipinski definition) is 1. The van der Waals surface area contributed by atoms with Crippen molar-refractivity contribution in [1.29, 1.82) is 0 Å². The smallest absolute Gasteiger partial charge is 0.233 e. The van der Waals surface area contributed by atoms with Crippen LogP contribution in [0.5, 0.6) is 5.88 Å². The summed E-state index contributed by atoms with van der Waals surface area (Å²) in [5, 5.41) is 18.0. The molecule has 0 radical (unpaired) electrons. The molecule has 1 atom stereocenters. The molecule has 1 saturated heterocycles. The van der Waals surface area contributed by atoms with Crippen molar-refractivity contribution in [3.63, 3.8) is 0 Å². The van der Waals surface area contributed by atoms with Gasteiger partial charge in [-0.25, -0.2) is 0 Å². The van der Waals surface area contributed by atoms with Gasteiger partial charge in [-0.3, -0.25) is 0 Å². The van der Waals surface area contributed by atoms with Crippen LogP contribution in [0.1, 0.15) is 31.0 Å². The summed E-state index contributed by atoms with van der Waals surface area (Å²) < 4.78 is 5.52. The Morgan fingerprint density at radius 1 is 1.35 bits per heavy atom. The predicted octanol–water partition coefficient (Wildman–Crippen LogP) is 1.57. The number of aliphatic hydroxyl groups is 1. The average molecular weight is 279 g/mol. The summed E-state index contributed by atoms with van der Waals surface area (Å²) in [6, 6.07) is 1.86. The van der Waals surface area contributed by atoms with E-state index in [0.29, 0.717) is 12.4 Å². The van der Waals surface area contributed by atoms with Crippen molar-refractivity contribution in [3.05, 3.63) is 17.3 Å². The highest BCUT2D eigenvalue weighted by molar-refractivity contribution is 5.21. The Hall–Kier alpha value is -1.20. The third-order valence-corrected chi connectivity index (χ3v) is 3.98. The van der Waals surface area contributed by atoms with E-state index < -0.39 is 6.10 Å². The molecule has 1 aliphatic heterocycles. The molecule has 1 aliphatic rings. The maximum Gasteiger partial charge on any atom is 0.233 e. The largest absolute Gasteiger partial charge is 0.474 e. The Morgan fingerprint density at radius 2 is 2.05 bits per heavy atom. The van der Waals surface area contributed by atoms with Crippen molar-refractivity contribution in [2.75, 3.05) is 26.2 Å². The number of hydrogen-bond acceptors (Lipinski definition) is 5. The van der Waals surface area contributed by atoms with Crippen LogP contribution in [0.25, 0.3) is 0 Å². The lowest BCUT2D eigenvalue weighted by atomic mass is 9.99. The Labute approximate surface area is 121 Å². The Balaban J connectivity index is 1.74. The minimum absolute atomic E-state index is 0.267. The molecule has 20 heavy (non-hydrogen) atoms. The lowest BCUT2D eigenvalue weighted by Gasteiger charge is -2.31. The highest BCUT2D eigenvalue weighted by Crippen LogP contribution is 2.16. The second-order valence-electron chi connectivity index (χ2n) is 5.90. The molecule has 0 aromatic carbocycles. The van der Waals surface area contributed by atoms with Gasteiger partial charge in [0.2, 0.25) is 5.88 Å². The lowest BCUT2D eigenvalue weighted by Crippen LogP contribution is -2.40. The highest BCUT2D eigenvalue weighted by Gasteiger charge is 2.18. The number of aliphatic hydroxyl groups excluding tert-OH is 1. The summed E-state index contributed by atoms with van der Waals surface area (Å²) in [6.07, 6.45) is 1.96. The number of likely N-dealkylation sites (tertiary alicyclic amines) is 1. The zero-order chi connectivity index (χ0) is 14.5. The van der Waals surface area contributed by atoms with E-state index in [1.807, 2.05) is 19.9 Å². The monoisotopic (exact) mass is 279 g/mol. The molecule has 2 heterocycles. The van der Waals surface area contributed by atoms with Crippen molar-refractivity contribution in [3.8, 4) is 5.88 Å². The number of piperidine rings is 1. The topological polar surface area (TPSA) is 58.5 Å². The van der Waals surface area contributed by atoms with Crippen molar-refractivity contribution in [2.24, 2.45) is 5.92 Å². The Morgan fingerprint density at radius 3 is 2.70 bits per heavy atom. The fraction of sp³-hybridized carbons (Fsp3) is 0.733. The maximum atomic E-state index is 10.0. The first kappa shape index (κ1) is 15.2. The number of ether oxygens (including phenoxy) is 1. The van der Waals surface area contributed by atoms with Gasteiger partial charge in [0.25, 0.3) is 0 Å². The normalized spacial score (nSPS) is 19.0. The molecule has 1 aromatic rings. The van der Waals surface area contributed by atoms with E-state index in [2.05, 4.69) is 22.0 Å². The van der Waals surface area contributed by atoms with Crippen LogP contribution in [0.15, 0.2) is 6.07 Å². The number of β-amino-alcohol motifs (C(OH)–C–C–N with tert-alkyl or cyclic N) is 1. The average Bonchev–Trinajstić information content (AvgIpc) is 2.43. The van der Waals surface area contributed by atoms with Gasteiger partial charge in [-0.15, -0.1) is 5.10 Å². The van der Waals surface area contributed by atoms with Gasteiger partial charge in [0.15, 0.2) is 0 Å². The van der Waals surface area contributed by atoms with Gasteiger partial charge in [-0.05, 0) is 51.3 Å². The van der Waals surface area contributed by atoms with Gasteiger partial charge in [-0.2, -0.15) is 5.10 Å². The fourth-order valence-electron chi connectivity index (χ4n) is 2.37. The molecule has 1 aromatic heterocycles. The molecule has 2 rings (SSSR count). The van der Waals surface area contributed by atoms with Crippen molar-refractivity contribution in [2.45, 2.75) is 39.7 Å². The van der Waals surface area contributed by atoms with Crippen LogP contribution in [-0.2, 0) is 0 Å². The summed E-state index contributed by atoms with van der Waals surface area (Å²) in [6.45, 7) is 9.26. The zero-order valence-electron chi connectivity index (χ0n) is 12.7. The third kappa shape index (κ3) is 4.42. The molecule has 5 nitrogen and oxygen atoms in total. The summed E-state index contributed by atoms with van der Waals surface area (Å²) in [7, 11) is 0. The second kappa shape index (κ2) is 6.99. The quantitative estimate of drug-likeness (QED) is 0.886. The second-order valence-corrected chi connectivity index (χ2v) is 5.90. The number of rotatable bonds is 5. The molecular weight excluding hydrogens is 254 g/mol. The molecule has 0 unspecified atom stereocenters. The van der Waals surface area contributed by atoms with Crippen LogP contribution in [0.2, 0.25) is 0 Å². The highest BCUT2D eigenvalue weighted by atomic mass is 16.5. The van der Waals surface area contributed by atoms with E-state index in [-0.39, 0.29) is 6.61 Å².